The first kappa shape index (κ1) is 22.8. The number of fused-ring (bicyclic) bond motifs is 3. The molecule has 3 aliphatic rings. The first-order valence-corrected chi connectivity index (χ1v) is 12.4. The van der Waals surface area contributed by atoms with Gasteiger partial charge in [0.15, 0.2) is 0 Å². The second kappa shape index (κ2) is 9.26. The van der Waals surface area contributed by atoms with Gasteiger partial charge in [-0.2, -0.15) is 0 Å². The van der Waals surface area contributed by atoms with Gasteiger partial charge in [0.05, 0.1) is 12.7 Å². The van der Waals surface area contributed by atoms with Crippen molar-refractivity contribution in [2.24, 2.45) is 23.2 Å². The van der Waals surface area contributed by atoms with E-state index in [-0.39, 0.29) is 18.4 Å². The van der Waals surface area contributed by atoms with E-state index < -0.39 is 5.97 Å². The molecule has 1 aromatic heterocycles. The van der Waals surface area contributed by atoms with E-state index in [4.69, 9.17) is 9.84 Å². The third-order valence-corrected chi connectivity index (χ3v) is 8.76. The van der Waals surface area contributed by atoms with Crippen molar-refractivity contribution >= 4 is 33.3 Å². The van der Waals surface area contributed by atoms with Crippen LogP contribution in [0.4, 0.5) is 0 Å². The first-order valence-electron chi connectivity index (χ1n) is 11.5. The molecule has 0 radical (unpaired) electrons. The van der Waals surface area contributed by atoms with Gasteiger partial charge in [0, 0.05) is 27.9 Å². The summed E-state index contributed by atoms with van der Waals surface area (Å²) in [4.78, 5) is 24.0. The van der Waals surface area contributed by atoms with Gasteiger partial charge in [-0.1, -0.05) is 26.0 Å². The zero-order valence-corrected chi connectivity index (χ0v) is 19.9. The fourth-order valence-corrected chi connectivity index (χ4v) is 6.66. The molecule has 2 bridgehead atoms. The fourth-order valence-electron chi connectivity index (χ4n) is 5.74. The van der Waals surface area contributed by atoms with Gasteiger partial charge in [0.1, 0.15) is 5.75 Å². The summed E-state index contributed by atoms with van der Waals surface area (Å²) in [6.07, 6.45) is 9.18. The molecule has 0 unspecified atom stereocenters. The van der Waals surface area contributed by atoms with Crippen LogP contribution in [-0.4, -0.2) is 30.1 Å². The van der Waals surface area contributed by atoms with E-state index in [0.29, 0.717) is 29.6 Å². The summed E-state index contributed by atoms with van der Waals surface area (Å²) >= 11 is 1.59. The van der Waals surface area contributed by atoms with Crippen LogP contribution < -0.4 is 10.1 Å². The Balaban J connectivity index is 1.46. The van der Waals surface area contributed by atoms with Crippen LogP contribution >= 0.6 is 11.3 Å². The summed E-state index contributed by atoms with van der Waals surface area (Å²) in [5, 5.41) is 15.1. The summed E-state index contributed by atoms with van der Waals surface area (Å²) in [7, 11) is 1.64. The quantitative estimate of drug-likeness (QED) is 0.365. The predicted molar refractivity (Wildman–Crippen MR) is 128 cm³/mol. The van der Waals surface area contributed by atoms with E-state index in [1.54, 1.807) is 18.4 Å². The monoisotopic (exact) mass is 455 g/mol. The Kier molecular flexibility index (Phi) is 6.61. The minimum absolute atomic E-state index is 0.00375. The number of carbonyl (C=O) groups excluding carboxylic acids is 1. The molecular formula is C26H33NO4S. The van der Waals surface area contributed by atoms with Crippen molar-refractivity contribution in [3.63, 3.8) is 0 Å². The molecule has 3 saturated carbocycles. The number of hydrogen-bond donors (Lipinski definition) is 2. The van der Waals surface area contributed by atoms with Gasteiger partial charge >= 0.3 is 5.97 Å². The van der Waals surface area contributed by atoms with Gasteiger partial charge < -0.3 is 15.2 Å². The summed E-state index contributed by atoms with van der Waals surface area (Å²) in [5.74, 6) is 1.70. The number of unbranched alkanes of at least 4 members (excludes halogenated alkanes) is 1. The number of carbonyl (C=O) groups is 2. The van der Waals surface area contributed by atoms with Gasteiger partial charge in [0.25, 0.3) is 5.91 Å². The molecule has 1 heterocycles. The number of methoxy groups -OCH3 is 1. The Morgan fingerprint density at radius 2 is 2.09 bits per heavy atom. The normalized spacial score (nSPS) is 26.1. The molecule has 3 aliphatic carbocycles. The number of thiophene rings is 1. The number of carboxylic acid groups (broad SMARTS) is 1. The highest BCUT2D eigenvalue weighted by Gasteiger charge is 2.57. The minimum Gasteiger partial charge on any atom is -0.497 e. The molecule has 2 aromatic rings. The average Bonchev–Trinajstić information content (AvgIpc) is 3.19. The van der Waals surface area contributed by atoms with E-state index in [9.17, 15) is 9.59 Å². The average molecular weight is 456 g/mol. The number of carboxylic acids is 1. The molecule has 6 heteroatoms. The van der Waals surface area contributed by atoms with Gasteiger partial charge in [-0.15, -0.1) is 11.3 Å². The molecule has 1 aromatic carbocycles. The van der Waals surface area contributed by atoms with Crippen molar-refractivity contribution in [1.82, 2.24) is 5.32 Å². The Morgan fingerprint density at radius 3 is 2.81 bits per heavy atom. The van der Waals surface area contributed by atoms with Crippen LogP contribution in [0.25, 0.3) is 10.1 Å². The first-order chi connectivity index (χ1) is 15.3. The van der Waals surface area contributed by atoms with Crippen molar-refractivity contribution in [2.45, 2.75) is 58.4 Å². The summed E-state index contributed by atoms with van der Waals surface area (Å²) < 4.78 is 6.44. The Morgan fingerprint density at radius 1 is 1.28 bits per heavy atom. The van der Waals surface area contributed by atoms with E-state index in [1.807, 2.05) is 23.6 Å². The second-order valence-corrected chi connectivity index (χ2v) is 10.8. The highest BCUT2D eigenvalue weighted by Crippen LogP contribution is 2.62. The van der Waals surface area contributed by atoms with Crippen molar-refractivity contribution in [2.75, 3.05) is 7.11 Å². The maximum atomic E-state index is 13.3. The molecule has 0 spiro atoms. The fraction of sp³-hybridized carbons (Fsp3) is 0.538. The van der Waals surface area contributed by atoms with Crippen molar-refractivity contribution in [3.05, 3.63) is 41.3 Å². The number of ether oxygens (including phenoxy) is 1. The smallest absolute Gasteiger partial charge is 0.303 e. The molecule has 172 valence electrons. The molecule has 5 nitrogen and oxygen atoms in total. The van der Waals surface area contributed by atoms with Gasteiger partial charge in [-0.3, -0.25) is 9.59 Å². The number of rotatable bonds is 9. The van der Waals surface area contributed by atoms with E-state index in [0.717, 1.165) is 40.7 Å². The lowest BCUT2D eigenvalue weighted by Crippen LogP contribution is -2.61. The highest BCUT2D eigenvalue weighted by molar-refractivity contribution is 7.17. The summed E-state index contributed by atoms with van der Waals surface area (Å²) in [5.41, 5.74) is 1.05. The predicted octanol–water partition coefficient (Wildman–Crippen LogP) is 5.89. The lowest BCUT2D eigenvalue weighted by molar-refractivity contribution is -0.137. The third kappa shape index (κ3) is 4.42. The topological polar surface area (TPSA) is 75.6 Å². The lowest BCUT2D eigenvalue weighted by Gasteiger charge is -2.62. The van der Waals surface area contributed by atoms with Crippen LogP contribution in [0.3, 0.4) is 0 Å². The van der Waals surface area contributed by atoms with Gasteiger partial charge in [-0.05, 0) is 73.5 Å². The molecule has 32 heavy (non-hydrogen) atoms. The van der Waals surface area contributed by atoms with E-state index >= 15 is 0 Å². The van der Waals surface area contributed by atoms with Crippen LogP contribution in [0, 0.1) is 23.2 Å². The minimum atomic E-state index is -0.741. The summed E-state index contributed by atoms with van der Waals surface area (Å²) in [6.45, 7) is 4.73. The number of benzene rings is 1. The van der Waals surface area contributed by atoms with Crippen LogP contribution in [0.5, 0.6) is 5.75 Å². The molecule has 3 fully saturated rings. The number of nitrogens with one attached hydrogen (secondary N) is 1. The molecule has 1 amide bonds. The second-order valence-electron chi connectivity index (χ2n) is 9.84. The number of hydrogen-bond acceptors (Lipinski definition) is 4. The highest BCUT2D eigenvalue weighted by atomic mass is 32.1. The molecular weight excluding hydrogens is 422 g/mol. The van der Waals surface area contributed by atoms with Crippen molar-refractivity contribution in [3.8, 4) is 5.75 Å². The summed E-state index contributed by atoms with van der Waals surface area (Å²) in [6, 6.07) is 6.05. The number of allylic oxidation sites excluding steroid dienone is 2. The maximum absolute atomic E-state index is 13.3. The SMILES string of the molecule is COc1ccc2scc(C(=O)N[C@H]3C[C@H]4C[C@@H]([C@@H]3CC=CCCCC(=O)O)C4(C)C)c2c1. The molecule has 0 saturated heterocycles. The molecule has 5 rings (SSSR count). The van der Waals surface area contributed by atoms with E-state index in [1.165, 1.54) is 6.42 Å². The number of aliphatic carboxylic acids is 1. The maximum Gasteiger partial charge on any atom is 0.303 e. The van der Waals surface area contributed by atoms with E-state index in [2.05, 4.69) is 31.3 Å². The zero-order chi connectivity index (χ0) is 22.9. The largest absolute Gasteiger partial charge is 0.497 e. The Bertz CT molecular complexity index is 1020. The Hall–Kier alpha value is -2.34. The molecule has 4 atom stereocenters. The number of amides is 1. The molecule has 2 N–H and O–H groups in total. The van der Waals surface area contributed by atoms with Crippen LogP contribution in [0.15, 0.2) is 35.7 Å². The van der Waals surface area contributed by atoms with Crippen LogP contribution in [-0.2, 0) is 4.79 Å². The van der Waals surface area contributed by atoms with Crippen LogP contribution in [0.1, 0.15) is 62.7 Å². The van der Waals surface area contributed by atoms with Gasteiger partial charge in [-0.25, -0.2) is 0 Å². The van der Waals surface area contributed by atoms with Gasteiger partial charge in [0.2, 0.25) is 0 Å². The van der Waals surface area contributed by atoms with Crippen molar-refractivity contribution in [1.29, 1.82) is 0 Å². The molecule has 0 aliphatic heterocycles. The lowest BCUT2D eigenvalue weighted by atomic mass is 9.44. The third-order valence-electron chi connectivity index (χ3n) is 7.80. The Labute approximate surface area is 193 Å². The van der Waals surface area contributed by atoms with Crippen LogP contribution in [0.2, 0.25) is 0 Å². The van der Waals surface area contributed by atoms with Crippen molar-refractivity contribution < 1.29 is 19.4 Å². The zero-order valence-electron chi connectivity index (χ0n) is 19.1. The standard InChI is InChI=1S/C26H33NO4S/c1-26(2)16-12-21(26)18(8-6-4-5-7-9-24(28)29)22(13-16)27-25(30)20-15-32-23-11-10-17(31-3)14-19(20)23/h4,6,10-11,14-16,18,21-22H,5,7-9,12-13H2,1-3H3,(H,27,30)(H,28,29)/t16-,18+,21+,22+/m1/s1.